The lowest BCUT2D eigenvalue weighted by Crippen LogP contribution is -2.48. The average molecular weight is 431 g/mol. The lowest BCUT2D eigenvalue weighted by atomic mass is 10.1. The maximum absolute atomic E-state index is 11.8. The summed E-state index contributed by atoms with van der Waals surface area (Å²) in [5, 5.41) is 0. The van der Waals surface area contributed by atoms with Crippen LogP contribution in [0.3, 0.4) is 0 Å². The third-order valence-corrected chi connectivity index (χ3v) is 7.28. The van der Waals surface area contributed by atoms with Gasteiger partial charge in [-0.1, -0.05) is 42.5 Å². The number of hydrogen-bond acceptors (Lipinski definition) is 4. The quantitative estimate of drug-likeness (QED) is 0.564. The standard InChI is InChI=1S/C21H26N4O2S2/c1-29(26,27)23-15-13-22(14-16-23)17-25-20-10-6-5-9-19(20)24(21(25)28)12-11-18-7-3-2-4-8-18/h2-10H,11-17H2,1H3. The Bertz CT molecular complexity index is 1140. The molecule has 4 rings (SSSR count). The largest absolute Gasteiger partial charge is 0.316 e. The van der Waals surface area contributed by atoms with E-state index in [1.54, 1.807) is 4.31 Å². The van der Waals surface area contributed by atoms with E-state index in [1.807, 2.05) is 18.2 Å². The molecular formula is C21H26N4O2S2. The summed E-state index contributed by atoms with van der Waals surface area (Å²) in [5.41, 5.74) is 3.56. The third kappa shape index (κ3) is 4.45. The van der Waals surface area contributed by atoms with Crippen molar-refractivity contribution < 1.29 is 8.42 Å². The Morgan fingerprint density at radius 3 is 2.07 bits per heavy atom. The van der Waals surface area contributed by atoms with E-state index in [1.165, 1.54) is 11.8 Å². The fourth-order valence-corrected chi connectivity index (χ4v) is 5.09. The zero-order chi connectivity index (χ0) is 20.4. The Kier molecular flexibility index (Phi) is 5.87. The molecule has 0 bridgehead atoms. The van der Waals surface area contributed by atoms with E-state index in [4.69, 9.17) is 12.2 Å². The van der Waals surface area contributed by atoms with Gasteiger partial charge in [0.2, 0.25) is 10.0 Å². The van der Waals surface area contributed by atoms with Gasteiger partial charge in [-0.25, -0.2) is 8.42 Å². The van der Waals surface area contributed by atoms with Crippen LogP contribution in [0.25, 0.3) is 11.0 Å². The predicted molar refractivity (Wildman–Crippen MR) is 119 cm³/mol. The van der Waals surface area contributed by atoms with Gasteiger partial charge in [-0.05, 0) is 36.3 Å². The number of sulfonamides is 1. The molecule has 29 heavy (non-hydrogen) atoms. The molecule has 3 aromatic rings. The summed E-state index contributed by atoms with van der Waals surface area (Å²) >= 11 is 5.85. The Balaban J connectivity index is 1.56. The zero-order valence-electron chi connectivity index (χ0n) is 16.6. The zero-order valence-corrected chi connectivity index (χ0v) is 18.2. The predicted octanol–water partition coefficient (Wildman–Crippen LogP) is 2.95. The van der Waals surface area contributed by atoms with Crippen molar-refractivity contribution in [2.75, 3.05) is 32.4 Å². The molecule has 0 spiro atoms. The Hall–Kier alpha value is -2.00. The van der Waals surface area contributed by atoms with Crippen LogP contribution in [-0.4, -0.2) is 59.2 Å². The minimum atomic E-state index is -3.12. The normalized spacial score (nSPS) is 16.4. The molecule has 6 nitrogen and oxygen atoms in total. The first-order valence-electron chi connectivity index (χ1n) is 9.83. The molecule has 0 saturated carbocycles. The van der Waals surface area contributed by atoms with Gasteiger partial charge in [-0.15, -0.1) is 0 Å². The molecule has 1 saturated heterocycles. The number of fused-ring (bicyclic) bond motifs is 1. The SMILES string of the molecule is CS(=O)(=O)N1CCN(Cn2c(=S)n(CCc3ccccc3)c3ccccc32)CC1. The van der Waals surface area contributed by atoms with E-state index in [2.05, 4.69) is 50.4 Å². The molecule has 0 aliphatic carbocycles. The Labute approximate surface area is 177 Å². The number of nitrogens with zero attached hydrogens (tertiary/aromatic N) is 4. The number of para-hydroxylation sites is 2. The van der Waals surface area contributed by atoms with Crippen LogP contribution in [0.2, 0.25) is 0 Å². The van der Waals surface area contributed by atoms with Crippen LogP contribution >= 0.6 is 12.2 Å². The molecule has 154 valence electrons. The van der Waals surface area contributed by atoms with Gasteiger partial charge in [-0.2, -0.15) is 4.31 Å². The van der Waals surface area contributed by atoms with Gasteiger partial charge >= 0.3 is 0 Å². The summed E-state index contributed by atoms with van der Waals surface area (Å²) in [6, 6.07) is 18.8. The molecule has 1 aliphatic heterocycles. The molecule has 1 aliphatic rings. The van der Waals surface area contributed by atoms with Crippen molar-refractivity contribution in [3.05, 3.63) is 64.9 Å². The van der Waals surface area contributed by atoms with Crippen LogP contribution < -0.4 is 0 Å². The van der Waals surface area contributed by atoms with E-state index >= 15 is 0 Å². The van der Waals surface area contributed by atoms with Gasteiger partial charge in [0.25, 0.3) is 0 Å². The topological polar surface area (TPSA) is 50.5 Å². The lowest BCUT2D eigenvalue weighted by molar-refractivity contribution is 0.153. The highest BCUT2D eigenvalue weighted by molar-refractivity contribution is 7.88. The summed E-state index contributed by atoms with van der Waals surface area (Å²) < 4.78 is 30.3. The second kappa shape index (κ2) is 8.39. The number of piperazine rings is 1. The van der Waals surface area contributed by atoms with E-state index < -0.39 is 10.0 Å². The Morgan fingerprint density at radius 1 is 0.862 bits per heavy atom. The molecule has 0 radical (unpaired) electrons. The Morgan fingerprint density at radius 2 is 1.45 bits per heavy atom. The van der Waals surface area contributed by atoms with Crippen molar-refractivity contribution >= 4 is 33.3 Å². The highest BCUT2D eigenvalue weighted by atomic mass is 32.2. The first-order valence-corrected chi connectivity index (χ1v) is 12.1. The first kappa shape index (κ1) is 20.3. The lowest BCUT2D eigenvalue weighted by Gasteiger charge is -2.33. The number of aromatic nitrogens is 2. The highest BCUT2D eigenvalue weighted by Crippen LogP contribution is 2.20. The summed E-state index contributed by atoms with van der Waals surface area (Å²) in [6.07, 6.45) is 2.20. The van der Waals surface area contributed by atoms with E-state index in [0.29, 0.717) is 32.8 Å². The van der Waals surface area contributed by atoms with Crippen molar-refractivity contribution in [3.8, 4) is 0 Å². The van der Waals surface area contributed by atoms with Crippen LogP contribution in [0, 0.1) is 4.77 Å². The number of imidazole rings is 1. The molecule has 1 aromatic heterocycles. The third-order valence-electron chi connectivity index (χ3n) is 5.53. The minimum Gasteiger partial charge on any atom is -0.316 e. The number of aryl methyl sites for hydroxylation is 2. The number of rotatable bonds is 6. The maximum Gasteiger partial charge on any atom is 0.211 e. The summed E-state index contributed by atoms with van der Waals surface area (Å²) in [7, 11) is -3.12. The number of benzene rings is 2. The van der Waals surface area contributed by atoms with Gasteiger partial charge in [0.1, 0.15) is 0 Å². The van der Waals surface area contributed by atoms with Gasteiger partial charge in [0, 0.05) is 32.7 Å². The summed E-state index contributed by atoms with van der Waals surface area (Å²) in [4.78, 5) is 2.27. The van der Waals surface area contributed by atoms with E-state index in [-0.39, 0.29) is 0 Å². The van der Waals surface area contributed by atoms with Crippen LogP contribution in [0.15, 0.2) is 54.6 Å². The summed E-state index contributed by atoms with van der Waals surface area (Å²) in [5.74, 6) is 0. The fourth-order valence-electron chi connectivity index (χ4n) is 3.91. The summed E-state index contributed by atoms with van der Waals surface area (Å²) in [6.45, 7) is 3.97. The van der Waals surface area contributed by atoms with Crippen LogP contribution in [0.1, 0.15) is 5.56 Å². The average Bonchev–Trinajstić information content (AvgIpc) is 2.98. The van der Waals surface area contributed by atoms with Crippen LogP contribution in [-0.2, 0) is 29.7 Å². The van der Waals surface area contributed by atoms with Gasteiger partial charge in [-0.3, -0.25) is 4.90 Å². The van der Waals surface area contributed by atoms with E-state index in [9.17, 15) is 8.42 Å². The van der Waals surface area contributed by atoms with Crippen molar-refractivity contribution in [1.82, 2.24) is 18.3 Å². The molecule has 0 atom stereocenters. The molecule has 0 N–H and O–H groups in total. The minimum absolute atomic E-state index is 0.527. The van der Waals surface area contributed by atoms with Gasteiger partial charge in [0.15, 0.2) is 4.77 Å². The van der Waals surface area contributed by atoms with Crippen molar-refractivity contribution in [2.45, 2.75) is 19.6 Å². The first-order chi connectivity index (χ1) is 13.9. The molecule has 2 aromatic carbocycles. The molecule has 2 heterocycles. The second-order valence-corrected chi connectivity index (χ2v) is 9.86. The monoisotopic (exact) mass is 430 g/mol. The molecular weight excluding hydrogens is 404 g/mol. The van der Waals surface area contributed by atoms with Gasteiger partial charge < -0.3 is 9.13 Å². The van der Waals surface area contributed by atoms with Crippen molar-refractivity contribution in [2.24, 2.45) is 0 Å². The molecule has 0 unspecified atom stereocenters. The molecule has 1 fully saturated rings. The van der Waals surface area contributed by atoms with Crippen molar-refractivity contribution in [3.63, 3.8) is 0 Å². The molecule has 0 amide bonds. The number of hydrogen-bond donors (Lipinski definition) is 0. The van der Waals surface area contributed by atoms with E-state index in [0.717, 1.165) is 28.8 Å². The van der Waals surface area contributed by atoms with Crippen LogP contribution in [0.4, 0.5) is 0 Å². The smallest absolute Gasteiger partial charge is 0.211 e. The molecule has 8 heteroatoms. The second-order valence-electron chi connectivity index (χ2n) is 7.51. The van der Waals surface area contributed by atoms with Gasteiger partial charge in [0.05, 0.1) is 24.0 Å². The van der Waals surface area contributed by atoms with Crippen molar-refractivity contribution in [1.29, 1.82) is 0 Å². The van der Waals surface area contributed by atoms with Crippen LogP contribution in [0.5, 0.6) is 0 Å². The fraction of sp³-hybridized carbons (Fsp3) is 0.381. The highest BCUT2D eigenvalue weighted by Gasteiger charge is 2.24. The maximum atomic E-state index is 11.8.